The molecule has 0 aliphatic rings. The van der Waals surface area contributed by atoms with E-state index in [-0.39, 0.29) is 24.2 Å². The summed E-state index contributed by atoms with van der Waals surface area (Å²) >= 11 is 0. The third-order valence-corrected chi connectivity index (χ3v) is 3.38. The Bertz CT molecular complexity index is 593. The molecule has 4 nitrogen and oxygen atoms in total. The highest BCUT2D eigenvalue weighted by Crippen LogP contribution is 2.23. The van der Waals surface area contributed by atoms with Gasteiger partial charge in [-0.1, -0.05) is 19.1 Å². The van der Waals surface area contributed by atoms with Gasteiger partial charge in [-0.2, -0.15) is 0 Å². The second-order valence-corrected chi connectivity index (χ2v) is 5.12. The Hall–Kier alpha value is -2.14. The minimum absolute atomic E-state index is 0.113. The largest absolute Gasteiger partial charge is 0.396 e. The Morgan fingerprint density at radius 2 is 2.05 bits per heavy atom. The standard InChI is InChI=1S/C16H19FN2O2/c1-11(6-7-20)8-19-16(21)15-10-18-9-14(15)12-2-4-13(17)5-3-12/h2-5,9-11,18,20H,6-8H2,1H3,(H,19,21). The van der Waals surface area contributed by atoms with Crippen LogP contribution in [-0.4, -0.2) is 29.1 Å². The lowest BCUT2D eigenvalue weighted by molar-refractivity contribution is 0.0946. The Labute approximate surface area is 123 Å². The van der Waals surface area contributed by atoms with Crippen LogP contribution in [0.3, 0.4) is 0 Å². The molecule has 0 spiro atoms. The Balaban J connectivity index is 2.09. The molecule has 1 heterocycles. The highest BCUT2D eigenvalue weighted by atomic mass is 19.1. The third kappa shape index (κ3) is 3.92. The quantitative estimate of drug-likeness (QED) is 0.765. The Morgan fingerprint density at radius 1 is 1.33 bits per heavy atom. The predicted octanol–water partition coefficient (Wildman–Crippen LogP) is 2.57. The number of H-pyrrole nitrogens is 1. The number of rotatable bonds is 6. The van der Waals surface area contributed by atoms with Crippen LogP contribution in [0.2, 0.25) is 0 Å². The average molecular weight is 290 g/mol. The summed E-state index contributed by atoms with van der Waals surface area (Å²) in [7, 11) is 0. The fraction of sp³-hybridized carbons (Fsp3) is 0.312. The molecular formula is C16H19FN2O2. The number of benzene rings is 1. The van der Waals surface area contributed by atoms with Crippen LogP contribution in [0.15, 0.2) is 36.7 Å². The molecule has 112 valence electrons. The lowest BCUT2D eigenvalue weighted by Gasteiger charge is -2.11. The number of aliphatic hydroxyl groups is 1. The molecule has 1 unspecified atom stereocenters. The number of aromatic nitrogens is 1. The van der Waals surface area contributed by atoms with Crippen molar-refractivity contribution in [2.45, 2.75) is 13.3 Å². The molecule has 0 fully saturated rings. The molecule has 0 radical (unpaired) electrons. The van der Waals surface area contributed by atoms with E-state index in [1.165, 1.54) is 12.1 Å². The first-order valence-corrected chi connectivity index (χ1v) is 6.93. The minimum Gasteiger partial charge on any atom is -0.396 e. The molecule has 0 aliphatic heterocycles. The molecule has 2 aromatic rings. The molecule has 5 heteroatoms. The topological polar surface area (TPSA) is 65.1 Å². The van der Waals surface area contributed by atoms with Gasteiger partial charge >= 0.3 is 0 Å². The zero-order chi connectivity index (χ0) is 15.2. The summed E-state index contributed by atoms with van der Waals surface area (Å²) in [6.07, 6.45) is 4.00. The van der Waals surface area contributed by atoms with Crippen LogP contribution in [0, 0.1) is 11.7 Å². The van der Waals surface area contributed by atoms with E-state index in [9.17, 15) is 9.18 Å². The zero-order valence-corrected chi connectivity index (χ0v) is 11.9. The summed E-state index contributed by atoms with van der Waals surface area (Å²) < 4.78 is 13.0. The molecule has 21 heavy (non-hydrogen) atoms. The summed E-state index contributed by atoms with van der Waals surface area (Å²) in [6.45, 7) is 2.59. The summed E-state index contributed by atoms with van der Waals surface area (Å²) in [5, 5.41) is 11.7. The normalized spacial score (nSPS) is 12.1. The van der Waals surface area contributed by atoms with Crippen molar-refractivity contribution >= 4 is 5.91 Å². The minimum atomic E-state index is -0.307. The molecule has 0 aliphatic carbocycles. The number of carbonyl (C=O) groups is 1. The lowest BCUT2D eigenvalue weighted by atomic mass is 10.0. The van der Waals surface area contributed by atoms with E-state index in [1.807, 2.05) is 6.92 Å². The summed E-state index contributed by atoms with van der Waals surface area (Å²) in [4.78, 5) is 15.1. The van der Waals surface area contributed by atoms with Gasteiger partial charge in [-0.05, 0) is 30.0 Å². The molecule has 0 bridgehead atoms. The SMILES string of the molecule is CC(CCO)CNC(=O)c1c[nH]cc1-c1ccc(F)cc1. The molecule has 0 saturated carbocycles. The smallest absolute Gasteiger partial charge is 0.253 e. The van der Waals surface area contributed by atoms with Crippen LogP contribution in [-0.2, 0) is 0 Å². The third-order valence-electron chi connectivity index (χ3n) is 3.38. The van der Waals surface area contributed by atoms with Gasteiger partial charge in [0, 0.05) is 31.1 Å². The fourth-order valence-corrected chi connectivity index (χ4v) is 2.10. The second-order valence-electron chi connectivity index (χ2n) is 5.12. The Kier molecular flexibility index (Phi) is 5.11. The number of carbonyl (C=O) groups excluding carboxylic acids is 1. The van der Waals surface area contributed by atoms with Gasteiger partial charge in [0.2, 0.25) is 0 Å². The number of aromatic amines is 1. The molecule has 1 aromatic carbocycles. The number of hydrogen-bond acceptors (Lipinski definition) is 2. The van der Waals surface area contributed by atoms with E-state index in [0.29, 0.717) is 18.5 Å². The first kappa shape index (κ1) is 15.3. The predicted molar refractivity (Wildman–Crippen MR) is 79.4 cm³/mol. The van der Waals surface area contributed by atoms with Crippen LogP contribution in [0.5, 0.6) is 0 Å². The maximum Gasteiger partial charge on any atom is 0.253 e. The van der Waals surface area contributed by atoms with Crippen LogP contribution in [0.4, 0.5) is 4.39 Å². The van der Waals surface area contributed by atoms with Crippen molar-refractivity contribution in [3.63, 3.8) is 0 Å². The summed E-state index contributed by atoms with van der Waals surface area (Å²) in [5.74, 6) is -0.273. The fourth-order valence-electron chi connectivity index (χ4n) is 2.10. The van der Waals surface area contributed by atoms with E-state index in [1.54, 1.807) is 24.5 Å². The van der Waals surface area contributed by atoms with Gasteiger partial charge in [0.25, 0.3) is 5.91 Å². The molecular weight excluding hydrogens is 271 g/mol. The van der Waals surface area contributed by atoms with Crippen LogP contribution < -0.4 is 5.32 Å². The number of halogens is 1. The number of amides is 1. The van der Waals surface area contributed by atoms with Crippen molar-refractivity contribution in [3.8, 4) is 11.1 Å². The van der Waals surface area contributed by atoms with Gasteiger partial charge in [0.1, 0.15) is 5.82 Å². The van der Waals surface area contributed by atoms with Gasteiger partial charge in [-0.25, -0.2) is 4.39 Å². The van der Waals surface area contributed by atoms with Crippen molar-refractivity contribution < 1.29 is 14.3 Å². The molecule has 0 saturated heterocycles. The highest BCUT2D eigenvalue weighted by molar-refractivity contribution is 6.00. The van der Waals surface area contributed by atoms with E-state index in [2.05, 4.69) is 10.3 Å². The van der Waals surface area contributed by atoms with Crippen LogP contribution >= 0.6 is 0 Å². The van der Waals surface area contributed by atoms with E-state index in [0.717, 1.165) is 11.1 Å². The summed E-state index contributed by atoms with van der Waals surface area (Å²) in [5.41, 5.74) is 2.05. The van der Waals surface area contributed by atoms with Crippen molar-refractivity contribution in [2.24, 2.45) is 5.92 Å². The monoisotopic (exact) mass is 290 g/mol. The van der Waals surface area contributed by atoms with Gasteiger partial charge in [0.05, 0.1) is 5.56 Å². The first-order valence-electron chi connectivity index (χ1n) is 6.93. The molecule has 2 rings (SSSR count). The van der Waals surface area contributed by atoms with Gasteiger partial charge in [0.15, 0.2) is 0 Å². The van der Waals surface area contributed by atoms with Crippen molar-refractivity contribution in [2.75, 3.05) is 13.2 Å². The van der Waals surface area contributed by atoms with Crippen LogP contribution in [0.1, 0.15) is 23.7 Å². The summed E-state index contributed by atoms with van der Waals surface area (Å²) in [6, 6.07) is 6.02. The van der Waals surface area contributed by atoms with Crippen molar-refractivity contribution in [1.82, 2.24) is 10.3 Å². The van der Waals surface area contributed by atoms with Crippen LogP contribution in [0.25, 0.3) is 11.1 Å². The second kappa shape index (κ2) is 7.04. The number of aliphatic hydroxyl groups excluding tert-OH is 1. The highest BCUT2D eigenvalue weighted by Gasteiger charge is 2.14. The van der Waals surface area contributed by atoms with E-state index < -0.39 is 0 Å². The molecule has 1 amide bonds. The lowest BCUT2D eigenvalue weighted by Crippen LogP contribution is -2.28. The van der Waals surface area contributed by atoms with E-state index in [4.69, 9.17) is 5.11 Å². The van der Waals surface area contributed by atoms with Crippen molar-refractivity contribution in [1.29, 1.82) is 0 Å². The van der Waals surface area contributed by atoms with Gasteiger partial charge in [-0.3, -0.25) is 4.79 Å². The number of nitrogens with one attached hydrogen (secondary N) is 2. The molecule has 1 aromatic heterocycles. The van der Waals surface area contributed by atoms with Crippen molar-refractivity contribution in [3.05, 3.63) is 48.0 Å². The average Bonchev–Trinajstić information content (AvgIpc) is 2.95. The van der Waals surface area contributed by atoms with Gasteiger partial charge < -0.3 is 15.4 Å². The zero-order valence-electron chi connectivity index (χ0n) is 11.9. The Morgan fingerprint density at radius 3 is 2.71 bits per heavy atom. The molecule has 3 N–H and O–H groups in total. The molecule has 1 atom stereocenters. The number of hydrogen-bond donors (Lipinski definition) is 3. The maximum absolute atomic E-state index is 13.0. The van der Waals surface area contributed by atoms with Gasteiger partial charge in [-0.15, -0.1) is 0 Å². The first-order chi connectivity index (χ1) is 10.1. The maximum atomic E-state index is 13.0. The van der Waals surface area contributed by atoms with E-state index >= 15 is 0 Å².